The van der Waals surface area contributed by atoms with Crippen molar-refractivity contribution in [2.75, 3.05) is 31.1 Å². The Bertz CT molecular complexity index is 1210. The van der Waals surface area contributed by atoms with Crippen molar-refractivity contribution in [3.8, 4) is 11.8 Å². The third-order valence-electron chi connectivity index (χ3n) is 7.91. The van der Waals surface area contributed by atoms with Gasteiger partial charge < -0.3 is 19.9 Å². The van der Waals surface area contributed by atoms with E-state index in [2.05, 4.69) is 15.2 Å². The number of anilines is 1. The number of rotatable bonds is 4. The lowest BCUT2D eigenvalue weighted by molar-refractivity contribution is -0.138. The van der Waals surface area contributed by atoms with Crippen LogP contribution >= 0.6 is 0 Å². The molecule has 1 spiro atoms. The first kappa shape index (κ1) is 22.2. The number of likely N-dealkylation sites (tertiary alicyclic amines) is 1. The molecule has 2 aromatic rings. The fourth-order valence-corrected chi connectivity index (χ4v) is 6.17. The molecule has 3 heterocycles. The van der Waals surface area contributed by atoms with Crippen LogP contribution in [0.4, 0.5) is 18.9 Å². The third-order valence-corrected chi connectivity index (χ3v) is 7.91. The zero-order valence-electron chi connectivity index (χ0n) is 18.9. The Morgan fingerprint density at radius 2 is 1.91 bits per heavy atom. The van der Waals surface area contributed by atoms with Crippen molar-refractivity contribution in [1.29, 1.82) is 5.26 Å². The van der Waals surface area contributed by atoms with E-state index in [1.54, 1.807) is 0 Å². The van der Waals surface area contributed by atoms with Crippen LogP contribution < -0.4 is 15.0 Å². The largest absolute Gasteiger partial charge is 0.489 e. The van der Waals surface area contributed by atoms with E-state index in [-0.39, 0.29) is 35.3 Å². The molecule has 0 bridgehead atoms. The molecule has 6 rings (SSSR count). The van der Waals surface area contributed by atoms with Crippen LogP contribution in [0.5, 0.6) is 5.75 Å². The minimum Gasteiger partial charge on any atom is -0.489 e. The van der Waals surface area contributed by atoms with Crippen LogP contribution in [0.1, 0.15) is 40.9 Å². The molecule has 2 saturated carbocycles. The van der Waals surface area contributed by atoms with E-state index in [1.165, 1.54) is 12.3 Å². The van der Waals surface area contributed by atoms with Crippen LogP contribution in [0.3, 0.4) is 0 Å². The Hall–Kier alpha value is -3.32. The van der Waals surface area contributed by atoms with Gasteiger partial charge in [0.2, 0.25) is 0 Å². The van der Waals surface area contributed by atoms with Gasteiger partial charge in [-0.05, 0) is 43.2 Å². The van der Waals surface area contributed by atoms with E-state index in [1.807, 2.05) is 29.2 Å². The van der Waals surface area contributed by atoms with Crippen molar-refractivity contribution in [3.05, 3.63) is 53.3 Å². The van der Waals surface area contributed by atoms with E-state index < -0.39 is 17.4 Å². The minimum atomic E-state index is -4.68. The van der Waals surface area contributed by atoms with Gasteiger partial charge >= 0.3 is 6.18 Å². The number of carbonyl (C=O) groups excluding carboxylic acids is 1. The zero-order chi connectivity index (χ0) is 24.4. The number of nitrogens with zero attached hydrogens (tertiary/aromatic N) is 4. The topological polar surface area (TPSA) is 81.5 Å². The monoisotopic (exact) mass is 483 g/mol. The highest BCUT2D eigenvalue weighted by molar-refractivity contribution is 5.96. The fraction of sp³-hybridized carbons (Fsp3) is 0.480. The number of ether oxygens (including phenoxy) is 1. The second kappa shape index (κ2) is 7.85. The lowest BCUT2D eigenvalue weighted by Gasteiger charge is -2.43. The lowest BCUT2D eigenvalue weighted by Crippen LogP contribution is -2.56. The molecule has 1 aromatic heterocycles. The number of aromatic nitrogens is 1. The number of benzene rings is 1. The second-order valence-corrected chi connectivity index (χ2v) is 9.82. The number of pyridine rings is 1. The maximum Gasteiger partial charge on any atom is 0.419 e. The Morgan fingerprint density at radius 1 is 1.17 bits per heavy atom. The number of carbonyl (C=O) groups is 1. The molecule has 35 heavy (non-hydrogen) atoms. The van der Waals surface area contributed by atoms with Crippen molar-refractivity contribution in [2.24, 2.45) is 5.41 Å². The molecule has 2 saturated heterocycles. The van der Waals surface area contributed by atoms with Gasteiger partial charge in [0, 0.05) is 61.3 Å². The molecule has 1 aromatic carbocycles. The van der Waals surface area contributed by atoms with Crippen molar-refractivity contribution in [3.63, 3.8) is 0 Å². The fourth-order valence-electron chi connectivity index (χ4n) is 6.17. The number of nitrogens with one attached hydrogen (secondary N) is 1. The number of piperazine rings is 1. The first-order valence-corrected chi connectivity index (χ1v) is 11.8. The SMILES string of the molecule is N#Cc1ncc(OC2CC3N(C(=O)c4ccc(N5CCNCC5)cc4)C4CC34C2)cc1C(F)(F)F. The van der Waals surface area contributed by atoms with Gasteiger partial charge in [-0.2, -0.15) is 18.4 Å². The Balaban J connectivity index is 1.13. The highest BCUT2D eigenvalue weighted by Gasteiger charge is 2.77. The van der Waals surface area contributed by atoms with Crippen molar-refractivity contribution < 1.29 is 22.7 Å². The van der Waals surface area contributed by atoms with Crippen LogP contribution in [0, 0.1) is 16.7 Å². The number of hydrogen-bond acceptors (Lipinski definition) is 6. The quantitative estimate of drug-likeness (QED) is 0.720. The van der Waals surface area contributed by atoms with Crippen LogP contribution in [-0.2, 0) is 6.18 Å². The number of alkyl halides is 3. The summed E-state index contributed by atoms with van der Waals surface area (Å²) in [6.45, 7) is 3.76. The first-order valence-electron chi connectivity index (χ1n) is 11.8. The van der Waals surface area contributed by atoms with E-state index in [0.29, 0.717) is 18.4 Å². The molecule has 10 heteroatoms. The molecule has 2 aliphatic heterocycles. The van der Waals surface area contributed by atoms with E-state index >= 15 is 0 Å². The van der Waals surface area contributed by atoms with Gasteiger partial charge in [-0.1, -0.05) is 0 Å². The average Bonchev–Trinajstić information content (AvgIpc) is 3.37. The van der Waals surface area contributed by atoms with Crippen LogP contribution in [0.2, 0.25) is 0 Å². The molecular weight excluding hydrogens is 459 g/mol. The number of halogens is 3. The smallest absolute Gasteiger partial charge is 0.419 e. The third kappa shape index (κ3) is 3.60. The molecule has 7 nitrogen and oxygen atoms in total. The van der Waals surface area contributed by atoms with Gasteiger partial charge in [-0.25, -0.2) is 4.98 Å². The Labute approximate surface area is 200 Å². The lowest BCUT2D eigenvalue weighted by atomic mass is 9.89. The van der Waals surface area contributed by atoms with Gasteiger partial charge in [-0.15, -0.1) is 0 Å². The summed E-state index contributed by atoms with van der Waals surface area (Å²) in [4.78, 5) is 21.1. The highest BCUT2D eigenvalue weighted by Crippen LogP contribution is 2.71. The molecule has 4 unspecified atom stereocenters. The van der Waals surface area contributed by atoms with Gasteiger partial charge in [0.05, 0.1) is 11.8 Å². The molecular formula is C25H24F3N5O2. The standard InChI is InChI=1S/C25H24F3N5O2/c26-25(27,28)19-9-18(14-31-20(19)13-29)35-17-10-21-24(11-17)12-22(24)33(21)23(34)15-1-3-16(4-2-15)32-7-5-30-6-8-32/h1-4,9,14,17,21-22,30H,5-8,10-12H2. The van der Waals surface area contributed by atoms with Gasteiger partial charge in [0.25, 0.3) is 5.91 Å². The molecule has 1 amide bonds. The molecule has 2 aliphatic carbocycles. The average molecular weight is 483 g/mol. The van der Waals surface area contributed by atoms with Crippen LogP contribution in [-0.4, -0.2) is 60.2 Å². The second-order valence-electron chi connectivity index (χ2n) is 9.82. The highest BCUT2D eigenvalue weighted by atomic mass is 19.4. The summed E-state index contributed by atoms with van der Waals surface area (Å²) in [6, 6.07) is 10.3. The number of amides is 1. The molecule has 0 radical (unpaired) electrons. The summed E-state index contributed by atoms with van der Waals surface area (Å²) in [7, 11) is 0. The summed E-state index contributed by atoms with van der Waals surface area (Å²) < 4.78 is 45.7. The van der Waals surface area contributed by atoms with Crippen molar-refractivity contribution in [1.82, 2.24) is 15.2 Å². The molecule has 4 aliphatic rings. The minimum absolute atomic E-state index is 0.0000308. The maximum atomic E-state index is 13.3. The molecule has 4 atom stereocenters. The summed E-state index contributed by atoms with van der Waals surface area (Å²) in [5, 5.41) is 12.3. The molecule has 4 fully saturated rings. The normalized spacial score (nSPS) is 29.0. The van der Waals surface area contributed by atoms with E-state index in [9.17, 15) is 18.0 Å². The molecule has 1 N–H and O–H groups in total. The van der Waals surface area contributed by atoms with Crippen LogP contribution in [0.25, 0.3) is 0 Å². The van der Waals surface area contributed by atoms with Crippen LogP contribution in [0.15, 0.2) is 36.5 Å². The first-order chi connectivity index (χ1) is 16.8. The van der Waals surface area contributed by atoms with Gasteiger partial charge in [0.1, 0.15) is 17.9 Å². The zero-order valence-corrected chi connectivity index (χ0v) is 18.9. The van der Waals surface area contributed by atoms with Gasteiger partial charge in [-0.3, -0.25) is 4.79 Å². The summed E-state index contributed by atoms with van der Waals surface area (Å²) in [5.41, 5.74) is 0.0170. The summed E-state index contributed by atoms with van der Waals surface area (Å²) in [5.74, 6) is -0.00219. The number of nitriles is 1. The molecule has 182 valence electrons. The predicted molar refractivity (Wildman–Crippen MR) is 120 cm³/mol. The maximum absolute atomic E-state index is 13.3. The Morgan fingerprint density at radius 3 is 2.60 bits per heavy atom. The van der Waals surface area contributed by atoms with Crippen molar-refractivity contribution in [2.45, 2.75) is 43.6 Å². The summed E-state index contributed by atoms with van der Waals surface area (Å²) in [6.07, 6.45) is -1.64. The van der Waals surface area contributed by atoms with Gasteiger partial charge in [0.15, 0.2) is 5.69 Å². The van der Waals surface area contributed by atoms with Crippen molar-refractivity contribution >= 4 is 11.6 Å². The Kier molecular flexibility index (Phi) is 4.97. The van der Waals surface area contributed by atoms with E-state index in [4.69, 9.17) is 10.00 Å². The van der Waals surface area contributed by atoms with E-state index in [0.717, 1.165) is 44.4 Å². The summed E-state index contributed by atoms with van der Waals surface area (Å²) >= 11 is 0. The number of hydrogen-bond donors (Lipinski definition) is 1. The predicted octanol–water partition coefficient (Wildman–Crippen LogP) is 3.21.